The van der Waals surface area contributed by atoms with Crippen molar-refractivity contribution < 1.29 is 14.6 Å². The predicted molar refractivity (Wildman–Crippen MR) is 116 cm³/mol. The first-order valence-electron chi connectivity index (χ1n) is 11.0. The van der Waals surface area contributed by atoms with Crippen LogP contribution in [0.15, 0.2) is 18.2 Å². The molecule has 1 unspecified atom stereocenters. The van der Waals surface area contributed by atoms with E-state index in [0.29, 0.717) is 13.1 Å². The third-order valence-corrected chi connectivity index (χ3v) is 6.29. The number of hydrogen-bond acceptors (Lipinski definition) is 7. The molecular formula is C22H32N6O3. The van der Waals surface area contributed by atoms with Crippen molar-refractivity contribution in [1.29, 1.82) is 0 Å². The molecule has 1 amide bonds. The molecule has 3 heterocycles. The molecular weight excluding hydrogens is 396 g/mol. The maximum atomic E-state index is 12.6. The second kappa shape index (κ2) is 9.65. The van der Waals surface area contributed by atoms with Gasteiger partial charge in [0.15, 0.2) is 5.82 Å². The Hall–Kier alpha value is -2.65. The van der Waals surface area contributed by atoms with Crippen molar-refractivity contribution in [2.45, 2.75) is 38.9 Å². The number of likely N-dealkylation sites (tertiary alicyclic amines) is 1. The van der Waals surface area contributed by atoms with E-state index in [1.807, 2.05) is 6.07 Å². The van der Waals surface area contributed by atoms with Crippen molar-refractivity contribution in [2.24, 2.45) is 5.92 Å². The number of carbonyl (C=O) groups is 1. The van der Waals surface area contributed by atoms with Crippen LogP contribution in [0.2, 0.25) is 0 Å². The van der Waals surface area contributed by atoms with E-state index in [9.17, 15) is 9.90 Å². The molecule has 1 fully saturated rings. The van der Waals surface area contributed by atoms with E-state index in [1.54, 1.807) is 19.2 Å². The minimum atomic E-state index is 0.0521. The normalized spacial score (nSPS) is 20.1. The standard InChI is InChI=1S/C22H32N6O3/c1-26-8-3-4-16(14-26)22(30)23-13-21-25-24-20-7-9-27(10-11-28(20)21)15-17-12-18(31-2)5-6-19(17)29/h5-6,12,16,29H,3-4,7-11,13-15H2,1-2H3,(H,23,30). The van der Waals surface area contributed by atoms with E-state index < -0.39 is 0 Å². The van der Waals surface area contributed by atoms with Crippen LogP contribution in [0.25, 0.3) is 0 Å². The topological polar surface area (TPSA) is 95.8 Å². The lowest BCUT2D eigenvalue weighted by atomic mass is 9.98. The molecule has 2 aromatic rings. The number of nitrogens with zero attached hydrogens (tertiary/aromatic N) is 5. The second-order valence-electron chi connectivity index (χ2n) is 8.52. The van der Waals surface area contributed by atoms with Crippen LogP contribution < -0.4 is 10.1 Å². The molecule has 0 saturated carbocycles. The van der Waals surface area contributed by atoms with Gasteiger partial charge in [-0.05, 0) is 44.6 Å². The fourth-order valence-electron chi connectivity index (χ4n) is 4.46. The number of aromatic nitrogens is 3. The first kappa shape index (κ1) is 21.6. The summed E-state index contributed by atoms with van der Waals surface area (Å²) in [6.45, 7) is 5.32. The van der Waals surface area contributed by atoms with Gasteiger partial charge in [0, 0.05) is 44.7 Å². The van der Waals surface area contributed by atoms with Gasteiger partial charge >= 0.3 is 0 Å². The third-order valence-electron chi connectivity index (χ3n) is 6.29. The number of methoxy groups -OCH3 is 1. The zero-order valence-electron chi connectivity index (χ0n) is 18.4. The quantitative estimate of drug-likeness (QED) is 0.709. The minimum absolute atomic E-state index is 0.0521. The number of carbonyl (C=O) groups excluding carboxylic acids is 1. The molecule has 0 spiro atoms. The molecule has 1 aromatic carbocycles. The zero-order chi connectivity index (χ0) is 21.8. The summed E-state index contributed by atoms with van der Waals surface area (Å²) in [5, 5.41) is 22.0. The zero-order valence-corrected chi connectivity index (χ0v) is 18.4. The van der Waals surface area contributed by atoms with E-state index in [1.165, 1.54) is 0 Å². The Balaban J connectivity index is 1.35. The van der Waals surface area contributed by atoms with Crippen LogP contribution in [0.4, 0.5) is 0 Å². The fraction of sp³-hybridized carbons (Fsp3) is 0.591. The number of phenolic OH excluding ortho intramolecular Hbond substituents is 1. The highest BCUT2D eigenvalue weighted by molar-refractivity contribution is 5.78. The average molecular weight is 429 g/mol. The number of rotatable bonds is 6. The van der Waals surface area contributed by atoms with Crippen molar-refractivity contribution in [3.05, 3.63) is 35.4 Å². The summed E-state index contributed by atoms with van der Waals surface area (Å²) in [6.07, 6.45) is 2.78. The number of fused-ring (bicyclic) bond motifs is 1. The number of piperidine rings is 1. The minimum Gasteiger partial charge on any atom is -0.508 e. The Morgan fingerprint density at radius 2 is 2.13 bits per heavy atom. The van der Waals surface area contributed by atoms with Crippen molar-refractivity contribution in [1.82, 2.24) is 29.9 Å². The molecule has 2 aliphatic rings. The monoisotopic (exact) mass is 428 g/mol. The Bertz CT molecular complexity index is 915. The maximum Gasteiger partial charge on any atom is 0.224 e. The molecule has 1 saturated heterocycles. The Kier molecular flexibility index (Phi) is 6.72. The molecule has 4 rings (SSSR count). The molecule has 0 aliphatic carbocycles. The van der Waals surface area contributed by atoms with E-state index in [-0.39, 0.29) is 17.6 Å². The summed E-state index contributed by atoms with van der Waals surface area (Å²) >= 11 is 0. The van der Waals surface area contributed by atoms with Gasteiger partial charge in [0.25, 0.3) is 0 Å². The van der Waals surface area contributed by atoms with Gasteiger partial charge in [-0.1, -0.05) is 0 Å². The highest BCUT2D eigenvalue weighted by Gasteiger charge is 2.25. The highest BCUT2D eigenvalue weighted by Crippen LogP contribution is 2.25. The molecule has 9 heteroatoms. The van der Waals surface area contributed by atoms with Crippen molar-refractivity contribution in [3.8, 4) is 11.5 Å². The summed E-state index contributed by atoms with van der Waals surface area (Å²) < 4.78 is 7.41. The fourth-order valence-corrected chi connectivity index (χ4v) is 4.46. The summed E-state index contributed by atoms with van der Waals surface area (Å²) in [7, 11) is 3.69. The molecule has 1 aromatic heterocycles. The molecule has 168 valence electrons. The van der Waals surface area contributed by atoms with Crippen LogP contribution in [-0.4, -0.2) is 75.9 Å². The largest absolute Gasteiger partial charge is 0.508 e. The van der Waals surface area contributed by atoms with Gasteiger partial charge in [0.05, 0.1) is 19.6 Å². The van der Waals surface area contributed by atoms with Gasteiger partial charge in [-0.25, -0.2) is 0 Å². The number of hydrogen-bond donors (Lipinski definition) is 2. The van der Waals surface area contributed by atoms with Crippen LogP contribution in [0.1, 0.15) is 30.1 Å². The maximum absolute atomic E-state index is 12.6. The molecule has 1 atom stereocenters. The van der Waals surface area contributed by atoms with Gasteiger partial charge in [-0.2, -0.15) is 0 Å². The van der Waals surface area contributed by atoms with E-state index in [4.69, 9.17) is 4.74 Å². The highest BCUT2D eigenvalue weighted by atomic mass is 16.5. The Morgan fingerprint density at radius 1 is 1.26 bits per heavy atom. The Morgan fingerprint density at radius 3 is 2.94 bits per heavy atom. The van der Waals surface area contributed by atoms with E-state index in [0.717, 1.165) is 74.9 Å². The number of amides is 1. The number of benzene rings is 1. The predicted octanol–water partition coefficient (Wildman–Crippen LogP) is 1.01. The van der Waals surface area contributed by atoms with Crippen LogP contribution in [0.3, 0.4) is 0 Å². The first-order chi connectivity index (χ1) is 15.0. The summed E-state index contributed by atoms with van der Waals surface area (Å²) in [5.41, 5.74) is 0.849. The number of nitrogens with one attached hydrogen (secondary N) is 1. The molecule has 9 nitrogen and oxygen atoms in total. The van der Waals surface area contributed by atoms with Crippen LogP contribution in [0, 0.1) is 5.92 Å². The lowest BCUT2D eigenvalue weighted by molar-refractivity contribution is -0.126. The van der Waals surface area contributed by atoms with Crippen LogP contribution in [-0.2, 0) is 30.8 Å². The molecule has 2 aliphatic heterocycles. The van der Waals surface area contributed by atoms with Crippen LogP contribution >= 0.6 is 0 Å². The molecule has 31 heavy (non-hydrogen) atoms. The molecule has 0 bridgehead atoms. The van der Waals surface area contributed by atoms with Gasteiger partial charge < -0.3 is 24.6 Å². The first-order valence-corrected chi connectivity index (χ1v) is 11.0. The lowest BCUT2D eigenvalue weighted by Gasteiger charge is -2.28. The summed E-state index contributed by atoms with van der Waals surface area (Å²) in [4.78, 5) is 17.1. The van der Waals surface area contributed by atoms with Crippen molar-refractivity contribution >= 4 is 5.91 Å². The van der Waals surface area contributed by atoms with E-state index >= 15 is 0 Å². The smallest absolute Gasteiger partial charge is 0.224 e. The molecule has 0 radical (unpaired) electrons. The Labute approximate surface area is 183 Å². The summed E-state index contributed by atoms with van der Waals surface area (Å²) in [5.74, 6) is 2.92. The van der Waals surface area contributed by atoms with E-state index in [2.05, 4.69) is 36.9 Å². The van der Waals surface area contributed by atoms with Crippen molar-refractivity contribution in [2.75, 3.05) is 40.3 Å². The SMILES string of the molecule is COc1ccc(O)c(CN2CCc3nnc(CNC(=O)C4CCCN(C)C4)n3CC2)c1. The van der Waals surface area contributed by atoms with Gasteiger partial charge in [0.1, 0.15) is 17.3 Å². The average Bonchev–Trinajstić information content (AvgIpc) is 3.05. The van der Waals surface area contributed by atoms with Gasteiger partial charge in [-0.15, -0.1) is 10.2 Å². The number of ether oxygens (including phenoxy) is 1. The second-order valence-corrected chi connectivity index (χ2v) is 8.52. The molecule has 2 N–H and O–H groups in total. The summed E-state index contributed by atoms with van der Waals surface area (Å²) in [6, 6.07) is 5.31. The number of phenols is 1. The van der Waals surface area contributed by atoms with Crippen molar-refractivity contribution in [3.63, 3.8) is 0 Å². The lowest BCUT2D eigenvalue weighted by Crippen LogP contribution is -2.41. The number of aromatic hydroxyl groups is 1. The van der Waals surface area contributed by atoms with Crippen LogP contribution in [0.5, 0.6) is 11.5 Å². The van der Waals surface area contributed by atoms with Gasteiger partial charge in [-0.3, -0.25) is 9.69 Å². The van der Waals surface area contributed by atoms with Gasteiger partial charge in [0.2, 0.25) is 5.91 Å². The third kappa shape index (κ3) is 5.16.